The summed E-state index contributed by atoms with van der Waals surface area (Å²) >= 11 is 0. The van der Waals surface area contributed by atoms with E-state index in [0.717, 1.165) is 85.5 Å². The van der Waals surface area contributed by atoms with Crippen LogP contribution in [0.5, 0.6) is 0 Å². The van der Waals surface area contributed by atoms with Gasteiger partial charge >= 0.3 is 0 Å². The van der Waals surface area contributed by atoms with E-state index in [9.17, 15) is 9.18 Å². The zero-order valence-electron chi connectivity index (χ0n) is 20.6. The summed E-state index contributed by atoms with van der Waals surface area (Å²) < 4.78 is 29.7. The molecule has 2 aromatic rings. The molecule has 1 spiro atoms. The van der Waals surface area contributed by atoms with Crippen LogP contribution in [0.1, 0.15) is 67.6 Å². The van der Waals surface area contributed by atoms with Crippen LogP contribution in [0.15, 0.2) is 77.7 Å². The Balaban J connectivity index is 1.25. The Bertz CT molecular complexity index is 1290. The summed E-state index contributed by atoms with van der Waals surface area (Å²) in [6.45, 7) is 5.68. The van der Waals surface area contributed by atoms with E-state index in [1.54, 1.807) is 6.07 Å². The molecular formula is C31H32F2N2O. The number of fused-ring (bicyclic) bond motifs is 2. The topological polar surface area (TPSA) is 32.3 Å². The zero-order chi connectivity index (χ0) is 24.9. The predicted molar refractivity (Wildman–Crippen MR) is 137 cm³/mol. The first kappa shape index (κ1) is 23.2. The number of hydrogen-bond acceptors (Lipinski definition) is 2. The molecule has 0 radical (unpaired) electrons. The van der Waals surface area contributed by atoms with Crippen LogP contribution >= 0.6 is 0 Å². The van der Waals surface area contributed by atoms with Gasteiger partial charge in [-0.2, -0.15) is 0 Å². The molecule has 6 rings (SSSR count). The number of nitrogens with one attached hydrogen (secondary N) is 1. The van der Waals surface area contributed by atoms with E-state index in [4.69, 9.17) is 0 Å². The fraction of sp³-hybridized carbons (Fsp3) is 0.387. The SMILES string of the molecule is C=C1C=C(N2CCC3(CC2)CC(Cc2ccccc2)c2cc(F)cc(F)c23)NC(=O)C2=C1CCCC2. The Hall–Kier alpha value is -3.21. The monoisotopic (exact) mass is 486 g/mol. The third-order valence-electron chi connectivity index (χ3n) is 8.76. The number of carbonyl (C=O) groups excluding carboxylic acids is 1. The molecule has 2 heterocycles. The van der Waals surface area contributed by atoms with E-state index in [1.807, 2.05) is 24.3 Å². The van der Waals surface area contributed by atoms with E-state index in [-0.39, 0.29) is 17.2 Å². The van der Waals surface area contributed by atoms with Gasteiger partial charge in [0.05, 0.1) is 0 Å². The smallest absolute Gasteiger partial charge is 0.252 e. The molecule has 0 saturated carbocycles. The van der Waals surface area contributed by atoms with E-state index < -0.39 is 11.6 Å². The molecule has 2 aliphatic heterocycles. The van der Waals surface area contributed by atoms with Gasteiger partial charge in [-0.05, 0) is 97.3 Å². The molecule has 2 aliphatic carbocycles. The number of allylic oxidation sites excluding steroid dienone is 3. The summed E-state index contributed by atoms with van der Waals surface area (Å²) in [5.74, 6) is -0.0357. The van der Waals surface area contributed by atoms with Crippen LogP contribution in [0.4, 0.5) is 8.78 Å². The third-order valence-corrected chi connectivity index (χ3v) is 8.76. The van der Waals surface area contributed by atoms with Crippen molar-refractivity contribution in [3.8, 4) is 0 Å². The minimum atomic E-state index is -0.500. The van der Waals surface area contributed by atoms with Gasteiger partial charge in [-0.3, -0.25) is 4.79 Å². The minimum absolute atomic E-state index is 0.00876. The molecule has 0 bridgehead atoms. The summed E-state index contributed by atoms with van der Waals surface area (Å²) in [4.78, 5) is 15.2. The van der Waals surface area contributed by atoms with Crippen molar-refractivity contribution in [2.45, 2.75) is 62.7 Å². The standard InChI is InChI=1S/C31H32F2N2O/c1-20-15-28(34-30(36)25-10-6-5-9-24(20)25)35-13-11-31(12-14-35)19-22(16-21-7-3-2-4-8-21)26-17-23(32)18-27(33)29(26)31/h2-4,7-8,15,17-18,22H,1,5-6,9-14,16,19H2,(H,34,36). The quantitative estimate of drug-likeness (QED) is 0.543. The normalized spacial score (nSPS) is 23.2. The first-order valence-electron chi connectivity index (χ1n) is 13.2. The van der Waals surface area contributed by atoms with Crippen molar-refractivity contribution in [3.63, 3.8) is 0 Å². The Morgan fingerprint density at radius 3 is 2.50 bits per heavy atom. The Morgan fingerprint density at radius 1 is 1.03 bits per heavy atom. The highest BCUT2D eigenvalue weighted by Gasteiger charge is 2.47. The highest BCUT2D eigenvalue weighted by atomic mass is 19.1. The lowest BCUT2D eigenvalue weighted by atomic mass is 9.73. The molecule has 1 saturated heterocycles. The molecule has 1 atom stereocenters. The number of nitrogens with zero attached hydrogens (tertiary/aromatic N) is 1. The van der Waals surface area contributed by atoms with Crippen LogP contribution in [-0.2, 0) is 16.6 Å². The lowest BCUT2D eigenvalue weighted by molar-refractivity contribution is -0.117. The molecule has 1 unspecified atom stereocenters. The van der Waals surface area contributed by atoms with Crippen LogP contribution in [0.3, 0.4) is 0 Å². The lowest BCUT2D eigenvalue weighted by Gasteiger charge is -2.42. The number of rotatable bonds is 3. The number of benzene rings is 2. The average Bonchev–Trinajstić information content (AvgIpc) is 3.09. The van der Waals surface area contributed by atoms with Crippen LogP contribution in [0, 0.1) is 11.6 Å². The van der Waals surface area contributed by atoms with Crippen molar-refractivity contribution in [3.05, 3.63) is 106 Å². The van der Waals surface area contributed by atoms with Crippen molar-refractivity contribution in [2.75, 3.05) is 13.1 Å². The summed E-state index contributed by atoms with van der Waals surface area (Å²) in [5, 5.41) is 3.14. The fourth-order valence-electron chi connectivity index (χ4n) is 7.03. The number of likely N-dealkylation sites (tertiary alicyclic amines) is 1. The first-order valence-corrected chi connectivity index (χ1v) is 13.2. The van der Waals surface area contributed by atoms with Gasteiger partial charge in [0.2, 0.25) is 0 Å². The predicted octanol–water partition coefficient (Wildman–Crippen LogP) is 6.43. The van der Waals surface area contributed by atoms with Gasteiger partial charge < -0.3 is 10.2 Å². The van der Waals surface area contributed by atoms with E-state index in [0.29, 0.717) is 18.7 Å². The molecule has 186 valence electrons. The summed E-state index contributed by atoms with van der Waals surface area (Å²) in [7, 11) is 0. The molecule has 3 nitrogen and oxygen atoms in total. The molecule has 1 fully saturated rings. The maximum absolute atomic E-state index is 15.3. The van der Waals surface area contributed by atoms with Gasteiger partial charge in [0.15, 0.2) is 0 Å². The van der Waals surface area contributed by atoms with Crippen LogP contribution in [0.25, 0.3) is 0 Å². The molecule has 1 amide bonds. The summed E-state index contributed by atoms with van der Waals surface area (Å²) in [6, 6.07) is 12.8. The fourth-order valence-corrected chi connectivity index (χ4v) is 7.03. The van der Waals surface area contributed by atoms with Crippen LogP contribution in [0.2, 0.25) is 0 Å². The highest BCUT2D eigenvalue weighted by molar-refractivity contribution is 5.97. The first-order chi connectivity index (χ1) is 17.4. The van der Waals surface area contributed by atoms with E-state index >= 15 is 4.39 Å². The van der Waals surface area contributed by atoms with Gasteiger partial charge in [-0.15, -0.1) is 0 Å². The second kappa shape index (κ2) is 9.02. The second-order valence-corrected chi connectivity index (χ2v) is 10.9. The number of hydrogen-bond donors (Lipinski definition) is 1. The number of halogens is 2. The number of amides is 1. The van der Waals surface area contributed by atoms with Gasteiger partial charge in [0, 0.05) is 30.1 Å². The molecule has 5 heteroatoms. The second-order valence-electron chi connectivity index (χ2n) is 10.9. The van der Waals surface area contributed by atoms with Gasteiger partial charge in [-0.1, -0.05) is 36.9 Å². The minimum Gasteiger partial charge on any atom is -0.358 e. The molecule has 2 aromatic carbocycles. The Kier molecular flexibility index (Phi) is 5.82. The maximum atomic E-state index is 15.3. The van der Waals surface area contributed by atoms with Crippen LogP contribution < -0.4 is 5.32 Å². The largest absolute Gasteiger partial charge is 0.358 e. The van der Waals surface area contributed by atoms with Crippen molar-refractivity contribution in [2.24, 2.45) is 0 Å². The summed E-state index contributed by atoms with van der Waals surface area (Å²) in [6.07, 6.45) is 8.98. The molecule has 36 heavy (non-hydrogen) atoms. The Labute approximate surface area is 211 Å². The molecule has 4 aliphatic rings. The number of carbonyl (C=O) groups is 1. The highest BCUT2D eigenvalue weighted by Crippen LogP contribution is 2.54. The van der Waals surface area contributed by atoms with Crippen LogP contribution in [-0.4, -0.2) is 23.9 Å². The molecule has 1 N–H and O–H groups in total. The average molecular weight is 487 g/mol. The van der Waals surface area contributed by atoms with E-state index in [2.05, 4.69) is 28.9 Å². The summed E-state index contributed by atoms with van der Waals surface area (Å²) in [5.41, 5.74) is 5.32. The van der Waals surface area contributed by atoms with Crippen molar-refractivity contribution in [1.82, 2.24) is 10.2 Å². The Morgan fingerprint density at radius 2 is 1.75 bits per heavy atom. The number of piperidine rings is 1. The molecule has 0 aromatic heterocycles. The third kappa shape index (κ3) is 3.99. The molecular weight excluding hydrogens is 454 g/mol. The van der Waals surface area contributed by atoms with E-state index in [1.165, 1.54) is 5.56 Å². The van der Waals surface area contributed by atoms with Crippen molar-refractivity contribution < 1.29 is 13.6 Å². The zero-order valence-corrected chi connectivity index (χ0v) is 20.6. The van der Waals surface area contributed by atoms with Crippen molar-refractivity contribution >= 4 is 5.91 Å². The van der Waals surface area contributed by atoms with Gasteiger partial charge in [-0.25, -0.2) is 8.78 Å². The lowest BCUT2D eigenvalue weighted by Crippen LogP contribution is -2.45. The van der Waals surface area contributed by atoms with Crippen molar-refractivity contribution in [1.29, 1.82) is 0 Å². The van der Waals surface area contributed by atoms with Gasteiger partial charge in [0.1, 0.15) is 17.5 Å². The maximum Gasteiger partial charge on any atom is 0.252 e. The van der Waals surface area contributed by atoms with Gasteiger partial charge in [0.25, 0.3) is 5.91 Å².